The van der Waals surface area contributed by atoms with Crippen LogP contribution < -0.4 is 5.32 Å². The lowest BCUT2D eigenvalue weighted by molar-refractivity contribution is -0.137. The number of rotatable bonds is 3. The van der Waals surface area contributed by atoms with Crippen molar-refractivity contribution in [3.05, 3.63) is 40.3 Å². The first-order valence-corrected chi connectivity index (χ1v) is 5.71. The molecule has 2 aromatic rings. The van der Waals surface area contributed by atoms with Gasteiger partial charge in [0.1, 0.15) is 11.0 Å². The van der Waals surface area contributed by atoms with Crippen molar-refractivity contribution in [1.82, 2.24) is 15.2 Å². The smallest absolute Gasteiger partial charge is 0.366 e. The van der Waals surface area contributed by atoms with Crippen LogP contribution in [0.25, 0.3) is 0 Å². The van der Waals surface area contributed by atoms with Crippen molar-refractivity contribution in [2.75, 3.05) is 5.32 Å². The van der Waals surface area contributed by atoms with Gasteiger partial charge in [-0.1, -0.05) is 11.6 Å². The molecule has 0 unspecified atom stereocenters. The number of alkyl halides is 3. The molecular formula is C11H10ClF3N4. The highest BCUT2D eigenvalue weighted by atomic mass is 35.5. The molecule has 0 bridgehead atoms. The standard InChI is InChI=1S/C11H10ClF3N4/c1-6-7(5-17-19-6)4-16-10-3-8(11(13,14)15)2-9(12)18-10/h2-3,5H,4H2,1H3,(H,16,18)(H,17,19). The van der Waals surface area contributed by atoms with Crippen LogP contribution in [0.1, 0.15) is 16.8 Å². The van der Waals surface area contributed by atoms with Gasteiger partial charge in [-0.15, -0.1) is 0 Å². The summed E-state index contributed by atoms with van der Waals surface area (Å²) in [4.78, 5) is 3.80. The Labute approximate surface area is 112 Å². The number of anilines is 1. The predicted molar refractivity (Wildman–Crippen MR) is 64.9 cm³/mol. The van der Waals surface area contributed by atoms with Gasteiger partial charge in [0.15, 0.2) is 0 Å². The Kier molecular flexibility index (Phi) is 3.66. The first kappa shape index (κ1) is 13.7. The van der Waals surface area contributed by atoms with Crippen LogP contribution in [0.5, 0.6) is 0 Å². The second kappa shape index (κ2) is 5.08. The summed E-state index contributed by atoms with van der Waals surface area (Å²) in [6.07, 6.45) is -2.86. The molecule has 0 radical (unpaired) electrons. The van der Waals surface area contributed by atoms with Crippen LogP contribution in [-0.2, 0) is 12.7 Å². The number of H-pyrrole nitrogens is 1. The van der Waals surface area contributed by atoms with Gasteiger partial charge in [0.25, 0.3) is 0 Å². The van der Waals surface area contributed by atoms with E-state index in [9.17, 15) is 13.2 Å². The zero-order valence-corrected chi connectivity index (χ0v) is 10.6. The van der Waals surface area contributed by atoms with Crippen LogP contribution in [0.2, 0.25) is 5.15 Å². The van der Waals surface area contributed by atoms with E-state index in [1.807, 2.05) is 6.92 Å². The zero-order valence-electron chi connectivity index (χ0n) is 9.85. The highest BCUT2D eigenvalue weighted by Gasteiger charge is 2.31. The molecule has 2 aromatic heterocycles. The molecule has 19 heavy (non-hydrogen) atoms. The van der Waals surface area contributed by atoms with Crippen molar-refractivity contribution in [3.63, 3.8) is 0 Å². The van der Waals surface area contributed by atoms with E-state index >= 15 is 0 Å². The highest BCUT2D eigenvalue weighted by molar-refractivity contribution is 6.29. The molecule has 8 heteroatoms. The van der Waals surface area contributed by atoms with Gasteiger partial charge in [0, 0.05) is 17.8 Å². The van der Waals surface area contributed by atoms with Gasteiger partial charge in [-0.3, -0.25) is 5.10 Å². The van der Waals surface area contributed by atoms with Gasteiger partial charge in [-0.2, -0.15) is 18.3 Å². The summed E-state index contributed by atoms with van der Waals surface area (Å²) in [7, 11) is 0. The second-order valence-corrected chi connectivity index (χ2v) is 4.32. The van der Waals surface area contributed by atoms with Gasteiger partial charge < -0.3 is 5.32 Å². The largest absolute Gasteiger partial charge is 0.416 e. The molecule has 0 aromatic carbocycles. The van der Waals surface area contributed by atoms with E-state index in [4.69, 9.17) is 11.6 Å². The minimum atomic E-state index is -4.45. The first-order chi connectivity index (χ1) is 8.86. The Balaban J connectivity index is 2.17. The van der Waals surface area contributed by atoms with Gasteiger partial charge in [-0.25, -0.2) is 4.98 Å². The monoisotopic (exact) mass is 290 g/mol. The van der Waals surface area contributed by atoms with Gasteiger partial charge in [-0.05, 0) is 19.1 Å². The van der Waals surface area contributed by atoms with Crippen molar-refractivity contribution in [2.45, 2.75) is 19.6 Å². The molecule has 2 rings (SSSR count). The third-order valence-electron chi connectivity index (χ3n) is 2.52. The third-order valence-corrected chi connectivity index (χ3v) is 2.71. The van der Waals surface area contributed by atoms with E-state index in [1.165, 1.54) is 0 Å². The molecule has 2 N–H and O–H groups in total. The summed E-state index contributed by atoms with van der Waals surface area (Å²) in [5, 5.41) is 9.13. The number of hydrogen-bond acceptors (Lipinski definition) is 3. The average molecular weight is 291 g/mol. The molecular weight excluding hydrogens is 281 g/mol. The van der Waals surface area contributed by atoms with Crippen molar-refractivity contribution >= 4 is 17.4 Å². The number of aromatic amines is 1. The van der Waals surface area contributed by atoms with Crippen LogP contribution in [0.4, 0.5) is 19.0 Å². The number of halogens is 4. The maximum absolute atomic E-state index is 12.6. The summed E-state index contributed by atoms with van der Waals surface area (Å²) >= 11 is 5.58. The van der Waals surface area contributed by atoms with E-state index < -0.39 is 11.7 Å². The number of hydrogen-bond donors (Lipinski definition) is 2. The molecule has 4 nitrogen and oxygen atoms in total. The minimum absolute atomic E-state index is 0.0698. The van der Waals surface area contributed by atoms with Crippen molar-refractivity contribution in [1.29, 1.82) is 0 Å². The molecule has 2 heterocycles. The van der Waals surface area contributed by atoms with E-state index in [0.717, 1.165) is 23.4 Å². The fourth-order valence-corrected chi connectivity index (χ4v) is 1.70. The topological polar surface area (TPSA) is 53.6 Å². The van der Waals surface area contributed by atoms with Crippen molar-refractivity contribution in [2.24, 2.45) is 0 Å². The number of nitrogens with one attached hydrogen (secondary N) is 2. The van der Waals surface area contributed by atoms with E-state index in [0.29, 0.717) is 6.54 Å². The van der Waals surface area contributed by atoms with E-state index in [1.54, 1.807) is 6.20 Å². The average Bonchev–Trinajstić information content (AvgIpc) is 2.70. The second-order valence-electron chi connectivity index (χ2n) is 3.94. The normalized spacial score (nSPS) is 11.6. The first-order valence-electron chi connectivity index (χ1n) is 5.34. The molecule has 0 aliphatic carbocycles. The molecule has 0 aliphatic rings. The lowest BCUT2D eigenvalue weighted by atomic mass is 10.2. The molecule has 0 aliphatic heterocycles. The van der Waals surface area contributed by atoms with Gasteiger partial charge in [0.05, 0.1) is 11.8 Å². The van der Waals surface area contributed by atoms with Crippen LogP contribution in [0.15, 0.2) is 18.3 Å². The molecule has 0 saturated heterocycles. The maximum Gasteiger partial charge on any atom is 0.416 e. The van der Waals surface area contributed by atoms with Crippen molar-refractivity contribution in [3.8, 4) is 0 Å². The summed E-state index contributed by atoms with van der Waals surface area (Å²) in [5.74, 6) is 0.0698. The number of nitrogens with zero attached hydrogens (tertiary/aromatic N) is 2. The summed E-state index contributed by atoms with van der Waals surface area (Å²) in [5.41, 5.74) is 0.847. The lowest BCUT2D eigenvalue weighted by Crippen LogP contribution is -2.08. The van der Waals surface area contributed by atoms with Crippen molar-refractivity contribution < 1.29 is 13.2 Å². The minimum Gasteiger partial charge on any atom is -0.366 e. The Morgan fingerprint density at radius 2 is 2.11 bits per heavy atom. The Bertz CT molecular complexity index is 580. The highest BCUT2D eigenvalue weighted by Crippen LogP contribution is 2.32. The Hall–Kier alpha value is -1.76. The van der Waals surface area contributed by atoms with Crippen LogP contribution in [0.3, 0.4) is 0 Å². The molecule has 0 fully saturated rings. The predicted octanol–water partition coefficient (Wildman–Crippen LogP) is 3.40. The Morgan fingerprint density at radius 3 is 2.68 bits per heavy atom. The summed E-state index contributed by atoms with van der Waals surface area (Å²) in [6, 6.07) is 1.71. The van der Waals surface area contributed by atoms with Crippen LogP contribution >= 0.6 is 11.6 Å². The van der Waals surface area contributed by atoms with Crippen LogP contribution in [0, 0.1) is 6.92 Å². The number of pyridine rings is 1. The molecule has 0 spiro atoms. The molecule has 102 valence electrons. The van der Waals surface area contributed by atoms with Crippen LogP contribution in [-0.4, -0.2) is 15.2 Å². The Morgan fingerprint density at radius 1 is 1.37 bits per heavy atom. The maximum atomic E-state index is 12.6. The van der Waals surface area contributed by atoms with E-state index in [-0.39, 0.29) is 11.0 Å². The fraction of sp³-hybridized carbons (Fsp3) is 0.273. The lowest BCUT2D eigenvalue weighted by Gasteiger charge is -2.10. The summed E-state index contributed by atoms with van der Waals surface area (Å²) in [6.45, 7) is 2.13. The summed E-state index contributed by atoms with van der Waals surface area (Å²) < 4.78 is 37.8. The molecule has 0 saturated carbocycles. The molecule has 0 atom stereocenters. The van der Waals surface area contributed by atoms with Gasteiger partial charge >= 0.3 is 6.18 Å². The quantitative estimate of drug-likeness (QED) is 0.852. The molecule has 0 amide bonds. The number of aryl methyl sites for hydroxylation is 1. The SMILES string of the molecule is Cc1[nH]ncc1CNc1cc(C(F)(F)F)cc(Cl)n1. The van der Waals surface area contributed by atoms with Gasteiger partial charge in [0.2, 0.25) is 0 Å². The third kappa shape index (κ3) is 3.37. The number of aromatic nitrogens is 3. The fourth-order valence-electron chi connectivity index (χ4n) is 1.49. The zero-order chi connectivity index (χ0) is 14.0. The van der Waals surface area contributed by atoms with E-state index in [2.05, 4.69) is 20.5 Å².